The summed E-state index contributed by atoms with van der Waals surface area (Å²) in [6.45, 7) is 1.08. The topological polar surface area (TPSA) is 47.6 Å². The van der Waals surface area contributed by atoms with Crippen LogP contribution >= 0.6 is 0 Å². The van der Waals surface area contributed by atoms with Gasteiger partial charge < -0.3 is 14.8 Å². The largest absolute Gasteiger partial charge is 0.497 e. The van der Waals surface area contributed by atoms with Crippen LogP contribution in [0.15, 0.2) is 48.5 Å². The third kappa shape index (κ3) is 4.33. The lowest BCUT2D eigenvalue weighted by atomic mass is 10.1. The molecule has 0 aliphatic carbocycles. The van der Waals surface area contributed by atoms with Gasteiger partial charge in [0, 0.05) is 19.2 Å². The molecule has 0 saturated heterocycles. The Balaban J connectivity index is 1.93. The van der Waals surface area contributed by atoms with E-state index in [1.54, 1.807) is 32.4 Å². The van der Waals surface area contributed by atoms with Crippen molar-refractivity contribution in [3.05, 3.63) is 65.2 Å². The molecule has 0 atom stereocenters. The monoisotopic (exact) mass is 285 g/mol. The van der Waals surface area contributed by atoms with Crippen molar-refractivity contribution in [3.8, 4) is 5.75 Å². The first kappa shape index (κ1) is 15.1. The number of hydrogen-bond acceptors (Lipinski definition) is 3. The van der Waals surface area contributed by atoms with Gasteiger partial charge in [-0.25, -0.2) is 0 Å². The Labute approximate surface area is 124 Å². The summed E-state index contributed by atoms with van der Waals surface area (Å²) in [5.74, 6) is 0.557. The summed E-state index contributed by atoms with van der Waals surface area (Å²) >= 11 is 0. The minimum absolute atomic E-state index is 0.116. The lowest BCUT2D eigenvalue weighted by Gasteiger charge is -2.07. The number of carbonyl (C=O) groups is 1. The molecule has 0 heterocycles. The number of carbonyl (C=O) groups excluding carboxylic acids is 1. The second-order valence-corrected chi connectivity index (χ2v) is 4.66. The Hall–Kier alpha value is -2.33. The summed E-state index contributed by atoms with van der Waals surface area (Å²) in [5, 5.41) is 2.89. The fourth-order valence-corrected chi connectivity index (χ4v) is 1.97. The Bertz CT molecular complexity index is 593. The molecule has 4 nitrogen and oxygen atoms in total. The summed E-state index contributed by atoms with van der Waals surface area (Å²) in [6.07, 6.45) is 0. The first-order valence-electron chi connectivity index (χ1n) is 6.72. The third-order valence-electron chi connectivity index (χ3n) is 3.12. The van der Waals surface area contributed by atoms with E-state index in [2.05, 4.69) is 5.32 Å². The van der Waals surface area contributed by atoms with Crippen molar-refractivity contribution in [1.29, 1.82) is 0 Å². The fraction of sp³-hybridized carbons (Fsp3) is 0.235. The Morgan fingerprint density at radius 2 is 1.76 bits per heavy atom. The maximum atomic E-state index is 12.1. The minimum atomic E-state index is -0.116. The zero-order chi connectivity index (χ0) is 15.1. The predicted molar refractivity (Wildman–Crippen MR) is 81.3 cm³/mol. The van der Waals surface area contributed by atoms with Crippen molar-refractivity contribution < 1.29 is 14.3 Å². The van der Waals surface area contributed by atoms with E-state index in [-0.39, 0.29) is 5.91 Å². The first-order chi connectivity index (χ1) is 10.2. The Morgan fingerprint density at radius 3 is 2.43 bits per heavy atom. The smallest absolute Gasteiger partial charge is 0.251 e. The molecule has 110 valence electrons. The minimum Gasteiger partial charge on any atom is -0.497 e. The van der Waals surface area contributed by atoms with Gasteiger partial charge in [0.15, 0.2) is 0 Å². The van der Waals surface area contributed by atoms with Crippen LogP contribution in [0.1, 0.15) is 21.5 Å². The highest BCUT2D eigenvalue weighted by atomic mass is 16.5. The summed E-state index contributed by atoms with van der Waals surface area (Å²) < 4.78 is 10.2. The maximum Gasteiger partial charge on any atom is 0.251 e. The van der Waals surface area contributed by atoms with E-state index in [1.165, 1.54) is 0 Å². The molecule has 0 saturated carbocycles. The van der Waals surface area contributed by atoms with Gasteiger partial charge in [0.1, 0.15) is 5.75 Å². The van der Waals surface area contributed by atoms with Crippen LogP contribution in [-0.4, -0.2) is 20.1 Å². The molecule has 0 bridgehead atoms. The molecule has 0 aliphatic heterocycles. The standard InChI is InChI=1S/C17H19NO3/c1-20-12-14-8-6-13(7-9-14)11-18-17(19)15-4-3-5-16(10-15)21-2/h3-10H,11-12H2,1-2H3,(H,18,19). The quantitative estimate of drug-likeness (QED) is 0.887. The number of nitrogens with one attached hydrogen (secondary N) is 1. The van der Waals surface area contributed by atoms with Crippen molar-refractivity contribution in [2.75, 3.05) is 14.2 Å². The molecule has 0 spiro atoms. The molecular weight excluding hydrogens is 266 g/mol. The van der Waals surface area contributed by atoms with E-state index in [0.717, 1.165) is 11.1 Å². The van der Waals surface area contributed by atoms with E-state index in [4.69, 9.17) is 9.47 Å². The van der Waals surface area contributed by atoms with Gasteiger partial charge in [-0.15, -0.1) is 0 Å². The Kier molecular flexibility index (Phi) is 5.35. The normalized spacial score (nSPS) is 10.2. The number of amides is 1. The predicted octanol–water partition coefficient (Wildman–Crippen LogP) is 2.77. The average molecular weight is 285 g/mol. The molecule has 2 aromatic rings. The average Bonchev–Trinajstić information content (AvgIpc) is 2.54. The van der Waals surface area contributed by atoms with Crippen molar-refractivity contribution in [2.24, 2.45) is 0 Å². The summed E-state index contributed by atoms with van der Waals surface area (Å²) in [7, 11) is 3.25. The van der Waals surface area contributed by atoms with Crippen molar-refractivity contribution in [3.63, 3.8) is 0 Å². The van der Waals surface area contributed by atoms with Crippen LogP contribution < -0.4 is 10.1 Å². The molecule has 0 aliphatic rings. The van der Waals surface area contributed by atoms with Gasteiger partial charge >= 0.3 is 0 Å². The van der Waals surface area contributed by atoms with Crippen LogP contribution in [0.25, 0.3) is 0 Å². The van der Waals surface area contributed by atoms with Gasteiger partial charge in [-0.2, -0.15) is 0 Å². The Morgan fingerprint density at radius 1 is 1.05 bits per heavy atom. The first-order valence-corrected chi connectivity index (χ1v) is 6.72. The van der Waals surface area contributed by atoms with Gasteiger partial charge in [-0.3, -0.25) is 4.79 Å². The fourth-order valence-electron chi connectivity index (χ4n) is 1.97. The molecule has 0 fully saturated rings. The van der Waals surface area contributed by atoms with Crippen molar-refractivity contribution >= 4 is 5.91 Å². The van der Waals surface area contributed by atoms with Gasteiger partial charge in [0.25, 0.3) is 5.91 Å². The van der Waals surface area contributed by atoms with E-state index in [0.29, 0.717) is 24.5 Å². The highest BCUT2D eigenvalue weighted by Gasteiger charge is 2.06. The molecule has 1 N–H and O–H groups in total. The molecule has 0 aromatic heterocycles. The number of benzene rings is 2. The van der Waals surface area contributed by atoms with Gasteiger partial charge in [-0.05, 0) is 29.3 Å². The number of ether oxygens (including phenoxy) is 2. The van der Waals surface area contributed by atoms with Gasteiger partial charge in [0.05, 0.1) is 13.7 Å². The van der Waals surface area contributed by atoms with E-state index >= 15 is 0 Å². The molecule has 0 radical (unpaired) electrons. The van der Waals surface area contributed by atoms with Crippen LogP contribution in [0.3, 0.4) is 0 Å². The maximum absolute atomic E-state index is 12.1. The summed E-state index contributed by atoms with van der Waals surface area (Å²) in [5.41, 5.74) is 2.75. The molecule has 4 heteroatoms. The SMILES string of the molecule is COCc1ccc(CNC(=O)c2cccc(OC)c2)cc1. The third-order valence-corrected chi connectivity index (χ3v) is 3.12. The van der Waals surface area contributed by atoms with Crippen LogP contribution in [0.2, 0.25) is 0 Å². The van der Waals surface area contributed by atoms with Crippen molar-refractivity contribution in [2.45, 2.75) is 13.2 Å². The van der Waals surface area contributed by atoms with E-state index in [1.807, 2.05) is 30.3 Å². The van der Waals surface area contributed by atoms with Crippen LogP contribution in [-0.2, 0) is 17.9 Å². The molecule has 1 amide bonds. The lowest BCUT2D eigenvalue weighted by molar-refractivity contribution is 0.0950. The summed E-state index contributed by atoms with van der Waals surface area (Å²) in [4.78, 5) is 12.1. The molecular formula is C17H19NO3. The van der Waals surface area contributed by atoms with Gasteiger partial charge in [0.2, 0.25) is 0 Å². The van der Waals surface area contributed by atoms with Crippen LogP contribution in [0, 0.1) is 0 Å². The van der Waals surface area contributed by atoms with E-state index < -0.39 is 0 Å². The number of methoxy groups -OCH3 is 2. The van der Waals surface area contributed by atoms with Gasteiger partial charge in [-0.1, -0.05) is 30.3 Å². The second kappa shape index (κ2) is 7.45. The summed E-state index contributed by atoms with van der Waals surface area (Å²) in [6, 6.07) is 15.1. The van der Waals surface area contributed by atoms with Crippen molar-refractivity contribution in [1.82, 2.24) is 5.32 Å². The molecule has 2 rings (SSSR count). The lowest BCUT2D eigenvalue weighted by Crippen LogP contribution is -2.22. The number of hydrogen-bond donors (Lipinski definition) is 1. The van der Waals surface area contributed by atoms with Crippen LogP contribution in [0.5, 0.6) is 5.75 Å². The molecule has 2 aromatic carbocycles. The van der Waals surface area contributed by atoms with Crippen LogP contribution in [0.4, 0.5) is 0 Å². The second-order valence-electron chi connectivity index (χ2n) is 4.66. The highest BCUT2D eigenvalue weighted by Crippen LogP contribution is 2.12. The molecule has 21 heavy (non-hydrogen) atoms. The van der Waals surface area contributed by atoms with E-state index in [9.17, 15) is 4.79 Å². The zero-order valence-corrected chi connectivity index (χ0v) is 12.3. The number of rotatable bonds is 6. The molecule has 0 unspecified atom stereocenters. The zero-order valence-electron chi connectivity index (χ0n) is 12.3. The highest BCUT2D eigenvalue weighted by molar-refractivity contribution is 5.94.